The van der Waals surface area contributed by atoms with Gasteiger partial charge in [0.15, 0.2) is 0 Å². The maximum absolute atomic E-state index is 6.03. The molecule has 1 N–H and O–H groups in total. The van der Waals surface area contributed by atoms with Crippen LogP contribution in [0.3, 0.4) is 0 Å². The lowest BCUT2D eigenvalue weighted by molar-refractivity contribution is 0.468. The van der Waals surface area contributed by atoms with Crippen LogP contribution in [0.1, 0.15) is 42.7 Å². The van der Waals surface area contributed by atoms with E-state index in [0.717, 1.165) is 30.0 Å². The summed E-state index contributed by atoms with van der Waals surface area (Å²) in [5, 5.41) is 3.55. The van der Waals surface area contributed by atoms with Gasteiger partial charge in [0.1, 0.15) is 0 Å². The fraction of sp³-hybridized carbons (Fsp3) is 0.538. The summed E-state index contributed by atoms with van der Waals surface area (Å²) in [5.74, 6) is 2.83. The molecule has 2 unspecified atom stereocenters. The molecule has 2 rings (SSSR count). The third-order valence-corrected chi connectivity index (χ3v) is 4.37. The summed E-state index contributed by atoms with van der Waals surface area (Å²) in [6.45, 7) is 2.16. The normalized spacial score (nSPS) is 20.4. The summed E-state index contributed by atoms with van der Waals surface area (Å²) in [6.07, 6.45) is 9.97. The molecule has 0 bridgehead atoms. The predicted octanol–water partition coefficient (Wildman–Crippen LogP) is 3.78. The molecular weight excluding hydrogens is 238 g/mol. The Hall–Kier alpha value is -0.490. The zero-order valence-corrected chi connectivity index (χ0v) is 11.0. The monoisotopic (exact) mass is 253 g/mol. The van der Waals surface area contributed by atoms with Crippen LogP contribution in [-0.2, 0) is 6.42 Å². The van der Waals surface area contributed by atoms with E-state index in [4.69, 9.17) is 18.0 Å². The van der Waals surface area contributed by atoms with Crippen molar-refractivity contribution in [3.8, 4) is 12.3 Å². The highest BCUT2D eigenvalue weighted by molar-refractivity contribution is 7.16. The Morgan fingerprint density at radius 1 is 1.75 bits per heavy atom. The highest BCUT2D eigenvalue weighted by Gasteiger charge is 2.26. The topological polar surface area (TPSA) is 12.0 Å². The molecule has 0 aliphatic heterocycles. The van der Waals surface area contributed by atoms with Gasteiger partial charge < -0.3 is 0 Å². The van der Waals surface area contributed by atoms with Crippen LogP contribution in [0.25, 0.3) is 0 Å². The number of hydrogen-bond acceptors (Lipinski definition) is 2. The number of terminal acetylenes is 1. The fourth-order valence-corrected chi connectivity index (χ4v) is 3.61. The molecule has 1 aliphatic carbocycles. The molecule has 86 valence electrons. The Labute approximate surface area is 106 Å². The summed E-state index contributed by atoms with van der Waals surface area (Å²) in [5.41, 5.74) is 1.37. The van der Waals surface area contributed by atoms with Gasteiger partial charge in [0.25, 0.3) is 0 Å². The van der Waals surface area contributed by atoms with E-state index in [1.807, 2.05) is 0 Å². The first-order chi connectivity index (χ1) is 7.74. The Balaban J connectivity index is 2.04. The van der Waals surface area contributed by atoms with E-state index in [1.165, 1.54) is 10.4 Å². The summed E-state index contributed by atoms with van der Waals surface area (Å²) >= 11 is 7.73. The van der Waals surface area contributed by atoms with Crippen molar-refractivity contribution in [2.24, 2.45) is 0 Å². The van der Waals surface area contributed by atoms with Gasteiger partial charge in [0, 0.05) is 10.9 Å². The lowest BCUT2D eigenvalue weighted by Crippen LogP contribution is -2.30. The molecule has 0 spiro atoms. The van der Waals surface area contributed by atoms with E-state index in [1.54, 1.807) is 11.3 Å². The third-order valence-electron chi connectivity index (χ3n) is 3.03. The van der Waals surface area contributed by atoms with Crippen LogP contribution in [0.4, 0.5) is 0 Å². The average Bonchev–Trinajstić information content (AvgIpc) is 2.78. The molecule has 1 heterocycles. The molecule has 0 saturated carbocycles. The minimum atomic E-state index is 0.194. The maximum atomic E-state index is 6.03. The molecule has 0 saturated heterocycles. The molecule has 0 aromatic carbocycles. The Morgan fingerprint density at radius 2 is 2.56 bits per heavy atom. The van der Waals surface area contributed by atoms with Crippen LogP contribution >= 0.6 is 22.9 Å². The van der Waals surface area contributed by atoms with Gasteiger partial charge in [-0.05, 0) is 30.9 Å². The van der Waals surface area contributed by atoms with E-state index >= 15 is 0 Å². The number of aryl methyl sites for hydroxylation is 1. The first kappa shape index (κ1) is 12.0. The van der Waals surface area contributed by atoms with Crippen molar-refractivity contribution in [3.63, 3.8) is 0 Å². The molecule has 0 radical (unpaired) electrons. The van der Waals surface area contributed by atoms with Crippen molar-refractivity contribution >= 4 is 22.9 Å². The van der Waals surface area contributed by atoms with E-state index in [2.05, 4.69) is 24.2 Å². The van der Waals surface area contributed by atoms with Gasteiger partial charge in [-0.2, -0.15) is 0 Å². The van der Waals surface area contributed by atoms with Gasteiger partial charge in [-0.3, -0.25) is 5.32 Å². The van der Waals surface area contributed by atoms with Crippen molar-refractivity contribution in [2.45, 2.75) is 44.7 Å². The van der Waals surface area contributed by atoms with Gasteiger partial charge in [-0.25, -0.2) is 0 Å². The highest BCUT2D eigenvalue weighted by Crippen LogP contribution is 2.39. The molecule has 1 aliphatic rings. The number of fused-ring (bicyclic) bond motifs is 1. The molecule has 0 fully saturated rings. The third kappa shape index (κ3) is 2.43. The van der Waals surface area contributed by atoms with Crippen molar-refractivity contribution in [3.05, 3.63) is 20.8 Å². The lowest BCUT2D eigenvalue weighted by atomic mass is 10.1. The minimum Gasteiger partial charge on any atom is -0.297 e. The van der Waals surface area contributed by atoms with Crippen LogP contribution in [0.15, 0.2) is 6.07 Å². The van der Waals surface area contributed by atoms with Crippen molar-refractivity contribution in [1.29, 1.82) is 0 Å². The second-order valence-electron chi connectivity index (χ2n) is 4.19. The van der Waals surface area contributed by atoms with Gasteiger partial charge >= 0.3 is 0 Å². The zero-order chi connectivity index (χ0) is 11.5. The first-order valence-electron chi connectivity index (χ1n) is 5.75. The summed E-state index contributed by atoms with van der Waals surface area (Å²) < 4.78 is 0.893. The van der Waals surface area contributed by atoms with Gasteiger partial charge in [-0.1, -0.05) is 30.9 Å². The highest BCUT2D eigenvalue weighted by atomic mass is 35.5. The molecule has 0 amide bonds. The first-order valence-corrected chi connectivity index (χ1v) is 6.94. The smallest absolute Gasteiger partial charge is 0.0934 e. The molecule has 3 heteroatoms. The molecular formula is C13H16ClNS. The summed E-state index contributed by atoms with van der Waals surface area (Å²) in [6, 6.07) is 2.69. The van der Waals surface area contributed by atoms with Crippen molar-refractivity contribution < 1.29 is 0 Å². The van der Waals surface area contributed by atoms with Crippen molar-refractivity contribution in [1.82, 2.24) is 5.32 Å². The number of halogens is 1. The molecule has 2 atom stereocenters. The Bertz CT molecular complexity index is 405. The fourth-order valence-electron chi connectivity index (χ4n) is 2.25. The Morgan fingerprint density at radius 3 is 3.25 bits per heavy atom. The van der Waals surface area contributed by atoms with E-state index in [9.17, 15) is 0 Å². The summed E-state index contributed by atoms with van der Waals surface area (Å²) in [4.78, 5) is 1.43. The van der Waals surface area contributed by atoms with E-state index in [0.29, 0.717) is 6.04 Å². The second-order valence-corrected chi connectivity index (χ2v) is 5.96. The second kappa shape index (κ2) is 5.23. The number of thiophene rings is 1. The van der Waals surface area contributed by atoms with Gasteiger partial charge in [0.05, 0.1) is 10.4 Å². The van der Waals surface area contributed by atoms with Crippen LogP contribution in [0.2, 0.25) is 4.34 Å². The molecule has 1 nitrogen and oxygen atoms in total. The SMILES string of the molecule is C#CC(CCC)NC1CCc2sc(Cl)cc21. The van der Waals surface area contributed by atoms with E-state index < -0.39 is 0 Å². The van der Waals surface area contributed by atoms with E-state index in [-0.39, 0.29) is 6.04 Å². The molecule has 1 aromatic rings. The van der Waals surface area contributed by atoms with Crippen LogP contribution < -0.4 is 5.32 Å². The van der Waals surface area contributed by atoms with Crippen molar-refractivity contribution in [2.75, 3.05) is 0 Å². The largest absolute Gasteiger partial charge is 0.297 e. The van der Waals surface area contributed by atoms with Gasteiger partial charge in [0.2, 0.25) is 0 Å². The average molecular weight is 254 g/mol. The van der Waals surface area contributed by atoms with Crippen LogP contribution in [0.5, 0.6) is 0 Å². The molecule has 16 heavy (non-hydrogen) atoms. The maximum Gasteiger partial charge on any atom is 0.0934 e. The van der Waals surface area contributed by atoms with Gasteiger partial charge in [-0.15, -0.1) is 17.8 Å². The number of hydrogen-bond donors (Lipinski definition) is 1. The Kier molecular flexibility index (Phi) is 3.91. The zero-order valence-electron chi connectivity index (χ0n) is 9.42. The standard InChI is InChI=1S/C13H16ClNS/c1-3-5-9(4-2)15-11-6-7-12-10(11)8-13(14)16-12/h2,8-9,11,15H,3,5-7H2,1H3. The predicted molar refractivity (Wildman–Crippen MR) is 71.1 cm³/mol. The minimum absolute atomic E-state index is 0.194. The quantitative estimate of drug-likeness (QED) is 0.806. The molecule has 1 aromatic heterocycles. The van der Waals surface area contributed by atoms with Crippen LogP contribution in [-0.4, -0.2) is 6.04 Å². The summed E-state index contributed by atoms with van der Waals surface area (Å²) in [7, 11) is 0. The number of rotatable bonds is 4. The van der Waals surface area contributed by atoms with Crippen LogP contribution in [0, 0.1) is 12.3 Å². The lowest BCUT2D eigenvalue weighted by Gasteiger charge is -2.18. The number of nitrogens with one attached hydrogen (secondary N) is 1.